The molecule has 1 aromatic rings. The lowest BCUT2D eigenvalue weighted by molar-refractivity contribution is 0.482. The minimum absolute atomic E-state index is 0.136. The van der Waals surface area contributed by atoms with E-state index in [1.807, 2.05) is 22.6 Å². The van der Waals surface area contributed by atoms with Crippen LogP contribution in [0, 0.1) is 3.90 Å². The van der Waals surface area contributed by atoms with Gasteiger partial charge in [-0.15, -0.1) is 10.2 Å². The largest absolute Gasteiger partial charge is 0.415 e. The molecule has 1 aromatic heterocycles. The standard InChI is InChI=1S/C4H5IN2O3S/c1-11(8,9)2-3-6-7-4(5)10-3/h2H2,1H3. The second-order valence-corrected chi connectivity index (χ2v) is 5.08. The summed E-state index contributed by atoms with van der Waals surface area (Å²) >= 11 is 1.82. The van der Waals surface area contributed by atoms with Gasteiger partial charge in [0.05, 0.1) is 0 Å². The molecule has 0 saturated heterocycles. The van der Waals surface area contributed by atoms with Crippen molar-refractivity contribution in [3.05, 3.63) is 9.79 Å². The second-order valence-electron chi connectivity index (χ2n) is 2.02. The van der Waals surface area contributed by atoms with Gasteiger partial charge < -0.3 is 4.42 Å². The van der Waals surface area contributed by atoms with Gasteiger partial charge in [-0.2, -0.15) is 0 Å². The Bertz CT molecular complexity index is 344. The Morgan fingerprint density at radius 1 is 1.55 bits per heavy atom. The van der Waals surface area contributed by atoms with E-state index >= 15 is 0 Å². The Morgan fingerprint density at radius 3 is 2.55 bits per heavy atom. The van der Waals surface area contributed by atoms with E-state index in [1.54, 1.807) is 0 Å². The van der Waals surface area contributed by atoms with Crippen molar-refractivity contribution in [1.82, 2.24) is 10.2 Å². The maximum absolute atomic E-state index is 10.7. The second kappa shape index (κ2) is 3.05. The summed E-state index contributed by atoms with van der Waals surface area (Å²) in [4.78, 5) is 0. The molecule has 0 N–H and O–H groups in total. The molecule has 0 atom stereocenters. The lowest BCUT2D eigenvalue weighted by Gasteiger charge is -1.88. The van der Waals surface area contributed by atoms with E-state index in [1.165, 1.54) is 0 Å². The summed E-state index contributed by atoms with van der Waals surface area (Å²) < 4.78 is 26.6. The van der Waals surface area contributed by atoms with Crippen molar-refractivity contribution in [3.8, 4) is 0 Å². The number of aromatic nitrogens is 2. The minimum Gasteiger partial charge on any atom is -0.415 e. The topological polar surface area (TPSA) is 73.1 Å². The fourth-order valence-corrected chi connectivity index (χ4v) is 1.44. The summed E-state index contributed by atoms with van der Waals surface area (Å²) in [6, 6.07) is 0. The first-order valence-electron chi connectivity index (χ1n) is 2.63. The fraction of sp³-hybridized carbons (Fsp3) is 0.500. The lowest BCUT2D eigenvalue weighted by atomic mass is 10.8. The van der Waals surface area contributed by atoms with Gasteiger partial charge >= 0.3 is 0 Å². The minimum atomic E-state index is -3.06. The third kappa shape index (κ3) is 3.14. The Labute approximate surface area is 77.3 Å². The molecule has 0 spiro atoms. The van der Waals surface area contributed by atoms with Crippen molar-refractivity contribution < 1.29 is 12.8 Å². The molecule has 1 heterocycles. The summed E-state index contributed by atoms with van der Waals surface area (Å²) in [6.07, 6.45) is 1.12. The molecule has 0 saturated carbocycles. The van der Waals surface area contributed by atoms with Gasteiger partial charge in [-0.05, 0) is 0 Å². The average Bonchev–Trinajstić information content (AvgIpc) is 2.10. The van der Waals surface area contributed by atoms with Crippen LogP contribution in [0.3, 0.4) is 0 Å². The zero-order chi connectivity index (χ0) is 8.48. The van der Waals surface area contributed by atoms with Crippen LogP contribution in [-0.2, 0) is 15.6 Å². The van der Waals surface area contributed by atoms with E-state index in [-0.39, 0.29) is 11.6 Å². The molecule has 0 fully saturated rings. The van der Waals surface area contributed by atoms with Crippen molar-refractivity contribution in [2.75, 3.05) is 6.26 Å². The zero-order valence-corrected chi connectivity index (χ0v) is 8.59. The normalized spacial score (nSPS) is 11.8. The number of halogens is 1. The van der Waals surface area contributed by atoms with E-state index in [4.69, 9.17) is 4.42 Å². The van der Waals surface area contributed by atoms with Crippen LogP contribution < -0.4 is 0 Å². The first-order chi connectivity index (χ1) is 4.97. The molecule has 0 radical (unpaired) electrons. The summed E-state index contributed by atoms with van der Waals surface area (Å²) in [7, 11) is -3.06. The number of sulfone groups is 1. The molecule has 5 nitrogen and oxygen atoms in total. The molecular formula is C4H5IN2O3S. The highest BCUT2D eigenvalue weighted by atomic mass is 127. The zero-order valence-electron chi connectivity index (χ0n) is 5.61. The molecule has 0 amide bonds. The highest BCUT2D eigenvalue weighted by Crippen LogP contribution is 2.05. The van der Waals surface area contributed by atoms with E-state index in [0.717, 1.165) is 6.26 Å². The molecule has 62 valence electrons. The molecular weight excluding hydrogens is 283 g/mol. The first kappa shape index (κ1) is 8.91. The van der Waals surface area contributed by atoms with Crippen molar-refractivity contribution in [3.63, 3.8) is 0 Å². The molecule has 1 rings (SSSR count). The quantitative estimate of drug-likeness (QED) is 0.728. The molecule has 0 aliphatic rings. The average molecular weight is 288 g/mol. The van der Waals surface area contributed by atoms with Gasteiger partial charge in [0.25, 0.3) is 3.90 Å². The number of nitrogens with zero attached hydrogens (tertiary/aromatic N) is 2. The first-order valence-corrected chi connectivity index (χ1v) is 5.77. The number of rotatable bonds is 2. The number of hydrogen-bond acceptors (Lipinski definition) is 5. The molecule has 0 bridgehead atoms. The highest BCUT2D eigenvalue weighted by molar-refractivity contribution is 14.1. The third-order valence-electron chi connectivity index (χ3n) is 0.828. The van der Waals surface area contributed by atoms with Crippen LogP contribution >= 0.6 is 22.6 Å². The lowest BCUT2D eigenvalue weighted by Crippen LogP contribution is -2.00. The summed E-state index contributed by atoms with van der Waals surface area (Å²) in [5.41, 5.74) is 0. The Morgan fingerprint density at radius 2 is 2.18 bits per heavy atom. The Balaban J connectivity index is 2.81. The van der Waals surface area contributed by atoms with Crippen LogP contribution in [0.4, 0.5) is 0 Å². The molecule has 0 aromatic carbocycles. The monoisotopic (exact) mass is 288 g/mol. The fourth-order valence-electron chi connectivity index (χ4n) is 0.516. The third-order valence-corrected chi connectivity index (χ3v) is 2.04. The van der Waals surface area contributed by atoms with Gasteiger partial charge in [-0.25, -0.2) is 8.42 Å². The maximum atomic E-state index is 10.7. The van der Waals surface area contributed by atoms with Crippen LogP contribution in [0.15, 0.2) is 4.42 Å². The summed E-state index contributed by atoms with van der Waals surface area (Å²) in [5.74, 6) is -0.0554. The molecule has 0 aliphatic carbocycles. The van der Waals surface area contributed by atoms with Gasteiger partial charge in [0.2, 0.25) is 5.89 Å². The van der Waals surface area contributed by atoms with Gasteiger partial charge in [0.1, 0.15) is 5.75 Å². The van der Waals surface area contributed by atoms with Crippen LogP contribution in [0.2, 0.25) is 0 Å². The van der Waals surface area contributed by atoms with Crippen LogP contribution in [0.25, 0.3) is 0 Å². The molecule has 0 aliphatic heterocycles. The van der Waals surface area contributed by atoms with E-state index in [0.29, 0.717) is 3.90 Å². The van der Waals surface area contributed by atoms with Gasteiger partial charge in [0, 0.05) is 28.8 Å². The van der Waals surface area contributed by atoms with E-state index in [2.05, 4.69) is 10.2 Å². The molecule has 0 unspecified atom stereocenters. The Hall–Kier alpha value is -0.180. The maximum Gasteiger partial charge on any atom is 0.278 e. The highest BCUT2D eigenvalue weighted by Gasteiger charge is 2.10. The predicted molar refractivity (Wildman–Crippen MR) is 45.6 cm³/mol. The van der Waals surface area contributed by atoms with E-state index < -0.39 is 9.84 Å². The Kier molecular flexibility index (Phi) is 2.47. The van der Waals surface area contributed by atoms with Gasteiger partial charge in [-0.1, -0.05) is 0 Å². The van der Waals surface area contributed by atoms with Crippen LogP contribution in [-0.4, -0.2) is 24.9 Å². The predicted octanol–water partition coefficient (Wildman–Crippen LogP) is 0.219. The van der Waals surface area contributed by atoms with Crippen molar-refractivity contribution >= 4 is 32.4 Å². The molecule has 7 heteroatoms. The van der Waals surface area contributed by atoms with Crippen LogP contribution in [0.5, 0.6) is 0 Å². The van der Waals surface area contributed by atoms with E-state index in [9.17, 15) is 8.42 Å². The van der Waals surface area contributed by atoms with Crippen LogP contribution in [0.1, 0.15) is 5.89 Å². The summed E-state index contributed by atoms with van der Waals surface area (Å²) in [5, 5.41) is 7.00. The van der Waals surface area contributed by atoms with Crippen molar-refractivity contribution in [2.24, 2.45) is 0 Å². The van der Waals surface area contributed by atoms with Crippen molar-refractivity contribution in [1.29, 1.82) is 0 Å². The van der Waals surface area contributed by atoms with Crippen molar-refractivity contribution in [2.45, 2.75) is 5.75 Å². The smallest absolute Gasteiger partial charge is 0.278 e. The van der Waals surface area contributed by atoms with Gasteiger partial charge in [-0.3, -0.25) is 0 Å². The SMILES string of the molecule is CS(=O)(=O)Cc1nnc(I)o1. The summed E-state index contributed by atoms with van der Waals surface area (Å²) in [6.45, 7) is 0. The number of hydrogen-bond donors (Lipinski definition) is 0. The van der Waals surface area contributed by atoms with Gasteiger partial charge in [0.15, 0.2) is 9.84 Å². The molecule has 11 heavy (non-hydrogen) atoms.